The maximum absolute atomic E-state index is 13.6. The first kappa shape index (κ1) is 22.0. The summed E-state index contributed by atoms with van der Waals surface area (Å²) < 4.78 is 12.1. The maximum Gasteiger partial charge on any atom is 0.257 e. The van der Waals surface area contributed by atoms with Crippen molar-refractivity contribution in [1.29, 1.82) is 0 Å². The lowest BCUT2D eigenvalue weighted by Crippen LogP contribution is -2.65. The summed E-state index contributed by atoms with van der Waals surface area (Å²) in [5.74, 6) is 0.978. The first-order valence-corrected chi connectivity index (χ1v) is 11.4. The van der Waals surface area contributed by atoms with E-state index in [4.69, 9.17) is 9.47 Å². The van der Waals surface area contributed by atoms with Gasteiger partial charge in [-0.3, -0.25) is 4.79 Å². The first-order valence-electron chi connectivity index (χ1n) is 11.4. The largest absolute Gasteiger partial charge is 0.371 e. The lowest BCUT2D eigenvalue weighted by molar-refractivity contribution is -0.147. The summed E-state index contributed by atoms with van der Waals surface area (Å²) in [6.07, 6.45) is 8.76. The van der Waals surface area contributed by atoms with Crippen LogP contribution in [0.3, 0.4) is 0 Å². The molecule has 2 unspecified atom stereocenters. The Morgan fingerprint density at radius 1 is 1.07 bits per heavy atom. The van der Waals surface area contributed by atoms with E-state index < -0.39 is 5.60 Å². The molecule has 0 aromatic heterocycles. The zero-order chi connectivity index (χ0) is 20.6. The third kappa shape index (κ3) is 5.48. The summed E-state index contributed by atoms with van der Waals surface area (Å²) >= 11 is 0. The molecule has 1 N–H and O–H groups in total. The molecule has 1 amide bonds. The summed E-state index contributed by atoms with van der Waals surface area (Å²) in [4.78, 5) is 15.6. The van der Waals surface area contributed by atoms with Gasteiger partial charge >= 0.3 is 0 Å². The standard InChI is InChI=1S/C23H42N2O3/c1-17(2)11-9-7-8-10-12-19-25(13-18-14-27-18)20(26)23(28-19)15-21(3,4)24-22(5,6)16-23/h17-19,24H,7-16H2,1-6H3. The molecule has 3 saturated heterocycles. The molecule has 5 nitrogen and oxygen atoms in total. The van der Waals surface area contributed by atoms with E-state index in [1.807, 2.05) is 4.90 Å². The van der Waals surface area contributed by atoms with E-state index in [1.165, 1.54) is 25.7 Å². The van der Waals surface area contributed by atoms with Gasteiger partial charge in [-0.2, -0.15) is 0 Å². The van der Waals surface area contributed by atoms with E-state index in [0.29, 0.717) is 6.54 Å². The highest BCUT2D eigenvalue weighted by atomic mass is 16.6. The molecule has 3 aliphatic heterocycles. The van der Waals surface area contributed by atoms with E-state index in [9.17, 15) is 4.79 Å². The zero-order valence-corrected chi connectivity index (χ0v) is 19.0. The predicted molar refractivity (Wildman–Crippen MR) is 112 cm³/mol. The van der Waals surface area contributed by atoms with Gasteiger partial charge in [-0.25, -0.2) is 0 Å². The second-order valence-corrected chi connectivity index (χ2v) is 11.1. The van der Waals surface area contributed by atoms with E-state index in [-0.39, 0.29) is 29.3 Å². The van der Waals surface area contributed by atoms with Crippen molar-refractivity contribution in [2.24, 2.45) is 5.92 Å². The predicted octanol–water partition coefficient (Wildman–Crippen LogP) is 4.25. The highest BCUT2D eigenvalue weighted by Gasteiger charge is 2.60. The van der Waals surface area contributed by atoms with Gasteiger partial charge in [0.2, 0.25) is 0 Å². The van der Waals surface area contributed by atoms with E-state index in [1.54, 1.807) is 0 Å². The highest BCUT2D eigenvalue weighted by molar-refractivity contribution is 5.87. The Morgan fingerprint density at radius 3 is 2.25 bits per heavy atom. The number of epoxide rings is 1. The van der Waals surface area contributed by atoms with Gasteiger partial charge in [0.05, 0.1) is 19.3 Å². The van der Waals surface area contributed by atoms with Crippen LogP contribution in [0.25, 0.3) is 0 Å². The van der Waals surface area contributed by atoms with Gasteiger partial charge in [-0.05, 0) is 46.5 Å². The molecule has 3 fully saturated rings. The fraction of sp³-hybridized carbons (Fsp3) is 0.957. The molecular formula is C23H42N2O3. The molecule has 2 atom stereocenters. The molecule has 0 aliphatic carbocycles. The van der Waals surface area contributed by atoms with Crippen molar-refractivity contribution in [3.63, 3.8) is 0 Å². The molecule has 0 radical (unpaired) electrons. The molecule has 0 bridgehead atoms. The minimum Gasteiger partial charge on any atom is -0.371 e. The fourth-order valence-electron chi connectivity index (χ4n) is 5.53. The summed E-state index contributed by atoms with van der Waals surface area (Å²) in [5, 5.41) is 3.69. The Morgan fingerprint density at radius 2 is 1.68 bits per heavy atom. The highest BCUT2D eigenvalue weighted by Crippen LogP contribution is 2.45. The number of ether oxygens (including phenoxy) is 2. The number of nitrogens with zero attached hydrogens (tertiary/aromatic N) is 1. The molecular weight excluding hydrogens is 352 g/mol. The minimum atomic E-state index is -0.685. The van der Waals surface area contributed by atoms with Gasteiger partial charge < -0.3 is 19.7 Å². The maximum atomic E-state index is 13.6. The van der Waals surface area contributed by atoms with Gasteiger partial charge in [-0.1, -0.05) is 39.5 Å². The quantitative estimate of drug-likeness (QED) is 0.469. The number of hydrogen-bond acceptors (Lipinski definition) is 4. The average molecular weight is 395 g/mol. The lowest BCUT2D eigenvalue weighted by Gasteiger charge is -2.49. The van der Waals surface area contributed by atoms with Crippen molar-refractivity contribution in [2.45, 2.75) is 122 Å². The van der Waals surface area contributed by atoms with Gasteiger partial charge in [0.1, 0.15) is 6.23 Å². The molecule has 0 aromatic carbocycles. The van der Waals surface area contributed by atoms with Gasteiger partial charge in [0.25, 0.3) is 5.91 Å². The van der Waals surface area contributed by atoms with Crippen LogP contribution in [0.1, 0.15) is 92.9 Å². The number of rotatable bonds is 9. The van der Waals surface area contributed by atoms with Gasteiger partial charge in [0.15, 0.2) is 5.60 Å². The number of carbonyl (C=O) groups excluding carboxylic acids is 1. The van der Waals surface area contributed by atoms with Crippen molar-refractivity contribution in [1.82, 2.24) is 10.2 Å². The first-order chi connectivity index (χ1) is 13.0. The van der Waals surface area contributed by atoms with Crippen LogP contribution in [0, 0.1) is 5.92 Å². The van der Waals surface area contributed by atoms with Crippen molar-refractivity contribution < 1.29 is 14.3 Å². The average Bonchev–Trinajstić information content (AvgIpc) is 3.31. The summed E-state index contributed by atoms with van der Waals surface area (Å²) in [7, 11) is 0. The third-order valence-electron chi connectivity index (χ3n) is 6.28. The van der Waals surface area contributed by atoms with Crippen LogP contribution in [0.15, 0.2) is 0 Å². The molecule has 0 saturated carbocycles. The van der Waals surface area contributed by atoms with Crippen LogP contribution in [-0.4, -0.2) is 53.0 Å². The number of unbranched alkanes of at least 4 members (excludes halogenated alkanes) is 3. The van der Waals surface area contributed by atoms with Crippen LogP contribution < -0.4 is 5.32 Å². The molecule has 28 heavy (non-hydrogen) atoms. The van der Waals surface area contributed by atoms with Crippen LogP contribution in [0.4, 0.5) is 0 Å². The Bertz CT molecular complexity index is 538. The minimum absolute atomic E-state index is 0.0912. The SMILES string of the molecule is CC(C)CCCCCCC1OC2(CC(C)(C)NC(C)(C)C2)C(=O)N1CC1CO1. The van der Waals surface area contributed by atoms with E-state index in [0.717, 1.165) is 38.2 Å². The smallest absolute Gasteiger partial charge is 0.257 e. The van der Waals surface area contributed by atoms with Gasteiger partial charge in [-0.15, -0.1) is 0 Å². The number of piperidine rings is 1. The summed E-state index contributed by atoms with van der Waals surface area (Å²) in [5.41, 5.74) is -0.925. The van der Waals surface area contributed by atoms with E-state index >= 15 is 0 Å². The van der Waals surface area contributed by atoms with Crippen molar-refractivity contribution in [2.75, 3.05) is 13.2 Å². The normalized spacial score (nSPS) is 30.4. The van der Waals surface area contributed by atoms with Crippen molar-refractivity contribution >= 4 is 5.91 Å². The molecule has 3 aliphatic rings. The molecule has 3 rings (SSSR count). The number of hydrogen-bond donors (Lipinski definition) is 1. The molecule has 0 aromatic rings. The molecule has 162 valence electrons. The second-order valence-electron chi connectivity index (χ2n) is 11.1. The number of amides is 1. The van der Waals surface area contributed by atoms with Crippen LogP contribution >= 0.6 is 0 Å². The zero-order valence-electron chi connectivity index (χ0n) is 19.0. The van der Waals surface area contributed by atoms with Crippen molar-refractivity contribution in [3.8, 4) is 0 Å². The van der Waals surface area contributed by atoms with Crippen LogP contribution in [-0.2, 0) is 14.3 Å². The Hall–Kier alpha value is -0.650. The van der Waals surface area contributed by atoms with Crippen molar-refractivity contribution in [3.05, 3.63) is 0 Å². The third-order valence-corrected chi connectivity index (χ3v) is 6.28. The fourth-order valence-corrected chi connectivity index (χ4v) is 5.53. The topological polar surface area (TPSA) is 54.1 Å². The van der Waals surface area contributed by atoms with Crippen LogP contribution in [0.2, 0.25) is 0 Å². The molecule has 5 heteroatoms. The number of carbonyl (C=O) groups is 1. The Balaban J connectivity index is 1.63. The number of nitrogens with one attached hydrogen (secondary N) is 1. The summed E-state index contributed by atoms with van der Waals surface area (Å²) in [6, 6.07) is 0. The Labute approximate surface area is 171 Å². The second kappa shape index (κ2) is 8.23. The lowest BCUT2D eigenvalue weighted by atomic mass is 9.72. The molecule has 1 spiro atoms. The monoisotopic (exact) mass is 394 g/mol. The Kier molecular flexibility index (Phi) is 6.48. The molecule has 3 heterocycles. The van der Waals surface area contributed by atoms with Crippen LogP contribution in [0.5, 0.6) is 0 Å². The summed E-state index contributed by atoms with van der Waals surface area (Å²) in [6.45, 7) is 14.8. The van der Waals surface area contributed by atoms with Gasteiger partial charge in [0, 0.05) is 23.9 Å². The van der Waals surface area contributed by atoms with E-state index in [2.05, 4.69) is 46.9 Å².